The first-order valence-corrected chi connectivity index (χ1v) is 32.2. The summed E-state index contributed by atoms with van der Waals surface area (Å²) in [5.74, 6) is 3.33. The van der Waals surface area contributed by atoms with Crippen LogP contribution in [-0.4, -0.2) is 110 Å². The van der Waals surface area contributed by atoms with E-state index in [9.17, 15) is 9.59 Å². The number of amides is 2. The zero-order valence-electron chi connectivity index (χ0n) is 57.1. The molecule has 2 aromatic rings. The number of hydrogen-bond donors (Lipinski definition) is 0. The number of likely N-dealkylation sites (tertiary alicyclic amines) is 2. The molecule has 0 aromatic heterocycles. The lowest BCUT2D eigenvalue weighted by Crippen LogP contribution is -2.41. The van der Waals surface area contributed by atoms with Crippen LogP contribution in [0.2, 0.25) is 0 Å². The molecular formula is C70H138N4O3. The molecule has 3 saturated heterocycles. The Kier molecular flexibility index (Phi) is 55.7. The van der Waals surface area contributed by atoms with Gasteiger partial charge in [0.2, 0.25) is 0 Å². The third-order valence-electron chi connectivity index (χ3n) is 11.5. The predicted octanol–water partition coefficient (Wildman–Crippen LogP) is 19.8. The van der Waals surface area contributed by atoms with Crippen molar-refractivity contribution < 1.29 is 14.3 Å². The minimum Gasteiger partial charge on any atom is -0.379 e. The number of imide groups is 1. The molecule has 0 unspecified atom stereocenters. The van der Waals surface area contributed by atoms with Gasteiger partial charge in [-0.1, -0.05) is 255 Å². The van der Waals surface area contributed by atoms with Crippen LogP contribution < -0.4 is 0 Å². The number of carbonyl (C=O) groups is 2. The Bertz CT molecular complexity index is 1480. The molecule has 0 atom stereocenters. The summed E-state index contributed by atoms with van der Waals surface area (Å²) in [5.41, 5.74) is 3.33. The molecule has 2 amide bonds. The molecule has 4 fully saturated rings. The second-order valence-corrected chi connectivity index (χ2v) is 24.6. The van der Waals surface area contributed by atoms with Gasteiger partial charge in [-0.2, -0.15) is 0 Å². The molecule has 7 heteroatoms. The Morgan fingerprint density at radius 1 is 0.442 bits per heavy atom. The molecule has 4 heterocycles. The van der Waals surface area contributed by atoms with Crippen LogP contribution in [0, 0.1) is 39.9 Å². The number of nitrogens with zero attached hydrogens (tertiary/aromatic N) is 4. The minimum atomic E-state index is -0.171. The Morgan fingerprint density at radius 3 is 1.10 bits per heavy atom. The molecule has 5 aliphatic rings. The first-order chi connectivity index (χ1) is 36.4. The van der Waals surface area contributed by atoms with Crippen LogP contribution in [0.1, 0.15) is 271 Å². The number of morpholine rings is 1. The van der Waals surface area contributed by atoms with Crippen molar-refractivity contribution in [2.45, 2.75) is 251 Å². The second-order valence-electron chi connectivity index (χ2n) is 24.6. The fraction of sp³-hybridized carbons (Fsp3) is 0.800. The summed E-state index contributed by atoms with van der Waals surface area (Å²) >= 11 is 0. The number of ether oxygens (including phenoxy) is 1. The number of fused-ring (bicyclic) bond motifs is 1. The topological polar surface area (TPSA) is 56.3 Å². The lowest BCUT2D eigenvalue weighted by Gasteiger charge is -2.32. The molecule has 1 saturated carbocycles. The summed E-state index contributed by atoms with van der Waals surface area (Å²) < 4.78 is 5.27. The highest BCUT2D eigenvalue weighted by molar-refractivity contribution is 6.21. The highest BCUT2D eigenvalue weighted by atomic mass is 16.5. The van der Waals surface area contributed by atoms with E-state index in [1.54, 1.807) is 24.3 Å². The quantitative estimate of drug-likeness (QED) is 0.233. The summed E-state index contributed by atoms with van der Waals surface area (Å²) in [5, 5.41) is 0. The molecule has 0 bridgehead atoms. The van der Waals surface area contributed by atoms with E-state index in [2.05, 4.69) is 128 Å². The second kappa shape index (κ2) is 51.6. The van der Waals surface area contributed by atoms with E-state index in [1.165, 1.54) is 120 Å². The number of rotatable bonds is 9. The smallest absolute Gasteiger partial charge is 0.261 e. The lowest BCUT2D eigenvalue weighted by molar-refractivity contribution is 0.0236. The van der Waals surface area contributed by atoms with Crippen molar-refractivity contribution in [3.63, 3.8) is 0 Å². The number of benzene rings is 2. The minimum absolute atomic E-state index is 0.0760. The van der Waals surface area contributed by atoms with Gasteiger partial charge in [0.05, 0.1) is 24.3 Å². The number of hydrogen-bond acceptors (Lipinski definition) is 6. The van der Waals surface area contributed by atoms with Crippen LogP contribution >= 0.6 is 0 Å². The summed E-state index contributed by atoms with van der Waals surface area (Å²) in [4.78, 5) is 33.0. The molecule has 0 N–H and O–H groups in total. The first-order valence-electron chi connectivity index (χ1n) is 32.2. The van der Waals surface area contributed by atoms with Gasteiger partial charge in [0, 0.05) is 39.3 Å². The first kappa shape index (κ1) is 83.2. The van der Waals surface area contributed by atoms with Crippen molar-refractivity contribution in [1.29, 1.82) is 0 Å². The molecule has 0 radical (unpaired) electrons. The van der Waals surface area contributed by atoms with Crippen LogP contribution in [0.25, 0.3) is 0 Å². The van der Waals surface area contributed by atoms with Gasteiger partial charge in [-0.05, 0) is 122 Å². The highest BCUT2D eigenvalue weighted by Gasteiger charge is 2.37. The summed E-state index contributed by atoms with van der Waals surface area (Å²) in [7, 11) is 0. The Labute approximate surface area is 484 Å². The van der Waals surface area contributed by atoms with Crippen LogP contribution in [0.5, 0.6) is 0 Å². The fourth-order valence-corrected chi connectivity index (χ4v) is 8.84. The van der Waals surface area contributed by atoms with Crippen LogP contribution in [0.3, 0.4) is 0 Å². The van der Waals surface area contributed by atoms with Crippen LogP contribution in [0.4, 0.5) is 0 Å². The Hall–Kier alpha value is -2.58. The maximum Gasteiger partial charge on any atom is 0.261 e. The van der Waals surface area contributed by atoms with Gasteiger partial charge in [0.1, 0.15) is 0 Å². The summed E-state index contributed by atoms with van der Waals surface area (Å²) in [6.07, 6.45) is 14.3. The van der Waals surface area contributed by atoms with E-state index in [1.807, 2.05) is 104 Å². The molecule has 4 aliphatic heterocycles. The van der Waals surface area contributed by atoms with E-state index < -0.39 is 0 Å². The average molecular weight is 1080 g/mol. The molecule has 456 valence electrons. The van der Waals surface area contributed by atoms with Crippen LogP contribution in [-0.2, 0) is 11.2 Å². The zero-order valence-corrected chi connectivity index (χ0v) is 57.1. The van der Waals surface area contributed by atoms with E-state index in [-0.39, 0.29) is 17.2 Å². The van der Waals surface area contributed by atoms with E-state index >= 15 is 0 Å². The van der Waals surface area contributed by atoms with Gasteiger partial charge in [-0.25, -0.2) is 0 Å². The van der Waals surface area contributed by atoms with Crippen molar-refractivity contribution in [3.05, 3.63) is 71.3 Å². The van der Waals surface area contributed by atoms with Gasteiger partial charge in [-0.15, -0.1) is 0 Å². The highest BCUT2D eigenvalue weighted by Crippen LogP contribution is 2.35. The normalized spacial score (nSPS) is 16.1. The molecule has 2 aromatic carbocycles. The average Bonchev–Trinajstić information content (AvgIpc) is 4.19. The molecule has 77 heavy (non-hydrogen) atoms. The monoisotopic (exact) mass is 1080 g/mol. The maximum absolute atomic E-state index is 12.0. The van der Waals surface area contributed by atoms with Crippen molar-refractivity contribution in [2.75, 3.05) is 78.7 Å². The fourth-order valence-electron chi connectivity index (χ4n) is 8.84. The maximum atomic E-state index is 12.0. The van der Waals surface area contributed by atoms with Gasteiger partial charge in [0.15, 0.2) is 0 Å². The van der Waals surface area contributed by atoms with E-state index in [0.29, 0.717) is 28.5 Å². The molecular weight excluding hydrogens is 945 g/mol. The molecule has 7 rings (SSSR count). The van der Waals surface area contributed by atoms with Crippen LogP contribution in [0.15, 0.2) is 54.6 Å². The van der Waals surface area contributed by atoms with Gasteiger partial charge in [-0.3, -0.25) is 19.4 Å². The third kappa shape index (κ3) is 50.1. The lowest BCUT2D eigenvalue weighted by atomic mass is 9.95. The molecule has 1 aliphatic carbocycles. The molecule has 7 nitrogen and oxygen atoms in total. The SMILES string of the molecule is CC.CC.CC.CC.CC.CC.CC(C)(C)CN1C(=O)c2ccccc2C1=O.CC(C)(C)CN1CCCCC1.CC(C)(C)CN1CCOCC1.CC(C)CC1CC1.CC(C)CN1CCCCC1.CC(C)Cc1ccccc1. The van der Waals surface area contributed by atoms with Gasteiger partial charge >= 0.3 is 0 Å². The largest absolute Gasteiger partial charge is 0.379 e. The third-order valence-corrected chi connectivity index (χ3v) is 11.5. The van der Waals surface area contributed by atoms with Gasteiger partial charge in [0.25, 0.3) is 11.8 Å². The Morgan fingerprint density at radius 2 is 0.792 bits per heavy atom. The van der Waals surface area contributed by atoms with Gasteiger partial charge < -0.3 is 14.5 Å². The Balaban J connectivity index is -0.000000262. The standard InChI is InChI=1S/C13H15NO2.C10H21N.C10H14.C9H19NO.C9H19N.C7H14.6C2H6/c1-13(2,3)8-14-11(15)9-6-4-5-7-10(9)12(14)16;1-10(2,3)9-11-7-5-4-6-8-11;1-9(2)8-10-6-4-3-5-7-10;1-9(2,3)8-10-4-6-11-7-5-10;1-9(2)8-10-6-4-3-5-7-10;1-6(2)5-7-3-4-7;6*1-2/h4-7H,8H2,1-3H3;4-9H2,1-3H3;3-7,9H,8H2,1-2H3;4-8H2,1-3H3;9H,3-8H2,1-2H3;6-7H,3-5H2,1-2H3;6*1-2H3. The van der Waals surface area contributed by atoms with Crippen molar-refractivity contribution in [3.8, 4) is 0 Å². The number of carbonyl (C=O) groups excluding carboxylic acids is 2. The van der Waals surface area contributed by atoms with Crippen molar-refractivity contribution in [1.82, 2.24) is 19.6 Å². The zero-order chi connectivity index (χ0) is 60.6. The summed E-state index contributed by atoms with van der Waals surface area (Å²) in [6, 6.07) is 17.6. The number of piperidine rings is 2. The molecule has 0 spiro atoms. The van der Waals surface area contributed by atoms with Crippen molar-refractivity contribution in [2.24, 2.45) is 39.9 Å². The van der Waals surface area contributed by atoms with Crippen molar-refractivity contribution >= 4 is 11.8 Å². The van der Waals surface area contributed by atoms with E-state index in [0.717, 1.165) is 50.0 Å². The van der Waals surface area contributed by atoms with E-state index in [4.69, 9.17) is 4.74 Å². The summed E-state index contributed by atoms with van der Waals surface area (Å²) in [6.45, 7) is 71.1. The predicted molar refractivity (Wildman–Crippen MR) is 348 cm³/mol.